The maximum Gasteiger partial charge on any atom is 0.159 e. The molecule has 0 spiro atoms. The molecule has 21 heavy (non-hydrogen) atoms. The first-order valence-corrected chi connectivity index (χ1v) is 6.83. The largest absolute Gasteiger partial charge is 0.453 e. The minimum absolute atomic E-state index is 0.00288. The number of anilines is 2. The maximum absolute atomic E-state index is 11.5. The number of fused-ring (bicyclic) bond motifs is 2. The van der Waals surface area contributed by atoms with E-state index >= 15 is 0 Å². The molecule has 0 unspecified atom stereocenters. The second-order valence-electron chi connectivity index (χ2n) is 4.93. The molecule has 0 N–H and O–H groups in total. The van der Waals surface area contributed by atoms with Crippen molar-refractivity contribution >= 4 is 23.4 Å². The highest BCUT2D eigenvalue weighted by Gasteiger charge is 2.24. The summed E-state index contributed by atoms with van der Waals surface area (Å²) in [6.45, 7) is 4.34. The van der Waals surface area contributed by atoms with Gasteiger partial charge >= 0.3 is 0 Å². The summed E-state index contributed by atoms with van der Waals surface area (Å²) in [5, 5.41) is 0. The SMILES string of the molecule is CCN1c2ccc(C=O)cc2Oc2cc(C(C)=O)ccc21. The Balaban J connectivity index is 2.14. The maximum atomic E-state index is 11.5. The Kier molecular flexibility index (Phi) is 3.22. The zero-order chi connectivity index (χ0) is 15.0. The van der Waals surface area contributed by atoms with Gasteiger partial charge in [0.2, 0.25) is 0 Å². The molecule has 0 atom stereocenters. The number of hydrogen-bond acceptors (Lipinski definition) is 4. The lowest BCUT2D eigenvalue weighted by molar-refractivity contribution is 0.101. The Morgan fingerprint density at radius 3 is 2.43 bits per heavy atom. The predicted molar refractivity (Wildman–Crippen MR) is 81.0 cm³/mol. The number of rotatable bonds is 3. The third-order valence-corrected chi connectivity index (χ3v) is 3.60. The zero-order valence-corrected chi connectivity index (χ0v) is 11.9. The molecule has 0 radical (unpaired) electrons. The van der Waals surface area contributed by atoms with Crippen molar-refractivity contribution in [1.82, 2.24) is 0 Å². The van der Waals surface area contributed by atoms with Gasteiger partial charge in [-0.15, -0.1) is 0 Å². The van der Waals surface area contributed by atoms with E-state index in [1.807, 2.05) is 19.1 Å². The van der Waals surface area contributed by atoms with Gasteiger partial charge in [-0.1, -0.05) is 0 Å². The molecule has 2 aromatic carbocycles. The van der Waals surface area contributed by atoms with E-state index in [1.54, 1.807) is 24.3 Å². The summed E-state index contributed by atoms with van der Waals surface area (Å²) in [4.78, 5) is 24.5. The molecular formula is C17H15NO3. The summed E-state index contributed by atoms with van der Waals surface area (Å²) in [5.41, 5.74) is 3.02. The Morgan fingerprint density at radius 1 is 1.14 bits per heavy atom. The minimum atomic E-state index is -0.00288. The van der Waals surface area contributed by atoms with E-state index in [1.165, 1.54) is 6.92 Å². The van der Waals surface area contributed by atoms with Gasteiger partial charge in [0.15, 0.2) is 17.3 Å². The Labute approximate surface area is 123 Å². The molecule has 0 amide bonds. The van der Waals surface area contributed by atoms with Crippen LogP contribution in [-0.4, -0.2) is 18.6 Å². The molecule has 0 aromatic heterocycles. The van der Waals surface area contributed by atoms with E-state index in [4.69, 9.17) is 4.74 Å². The third-order valence-electron chi connectivity index (χ3n) is 3.60. The molecule has 106 valence electrons. The summed E-state index contributed by atoms with van der Waals surface area (Å²) < 4.78 is 5.89. The number of ketones is 1. The molecule has 0 saturated carbocycles. The molecule has 4 heteroatoms. The van der Waals surface area contributed by atoms with Crippen molar-refractivity contribution in [2.45, 2.75) is 13.8 Å². The smallest absolute Gasteiger partial charge is 0.159 e. The second kappa shape index (κ2) is 5.05. The first-order valence-electron chi connectivity index (χ1n) is 6.83. The summed E-state index contributed by atoms with van der Waals surface area (Å²) in [6, 6.07) is 10.8. The lowest BCUT2D eigenvalue weighted by Crippen LogP contribution is -2.21. The van der Waals surface area contributed by atoms with Crippen molar-refractivity contribution in [3.63, 3.8) is 0 Å². The summed E-state index contributed by atoms with van der Waals surface area (Å²) in [6.07, 6.45) is 0.793. The number of benzene rings is 2. The highest BCUT2D eigenvalue weighted by molar-refractivity contribution is 5.96. The van der Waals surface area contributed by atoms with Crippen LogP contribution in [0.5, 0.6) is 11.5 Å². The van der Waals surface area contributed by atoms with Gasteiger partial charge in [0.05, 0.1) is 11.4 Å². The zero-order valence-electron chi connectivity index (χ0n) is 11.9. The lowest BCUT2D eigenvalue weighted by atomic mass is 10.1. The van der Waals surface area contributed by atoms with Crippen LogP contribution in [-0.2, 0) is 0 Å². The minimum Gasteiger partial charge on any atom is -0.453 e. The molecule has 4 nitrogen and oxygen atoms in total. The lowest BCUT2D eigenvalue weighted by Gasteiger charge is -2.32. The molecule has 0 fully saturated rings. The van der Waals surface area contributed by atoms with Crippen LogP contribution < -0.4 is 9.64 Å². The number of carbonyl (C=O) groups excluding carboxylic acids is 2. The van der Waals surface area contributed by atoms with E-state index in [0.29, 0.717) is 22.6 Å². The monoisotopic (exact) mass is 281 g/mol. The van der Waals surface area contributed by atoms with Crippen LogP contribution in [0.3, 0.4) is 0 Å². The van der Waals surface area contributed by atoms with Crippen LogP contribution in [0.15, 0.2) is 36.4 Å². The molecule has 2 aromatic rings. The number of carbonyl (C=O) groups is 2. The van der Waals surface area contributed by atoms with Crippen LogP contribution in [0.4, 0.5) is 11.4 Å². The van der Waals surface area contributed by atoms with Gasteiger partial charge in [0.1, 0.15) is 6.29 Å². The molecule has 0 saturated heterocycles. The van der Waals surface area contributed by atoms with E-state index in [-0.39, 0.29) is 5.78 Å². The van der Waals surface area contributed by atoms with E-state index in [0.717, 1.165) is 24.2 Å². The normalized spacial score (nSPS) is 12.2. The quantitative estimate of drug-likeness (QED) is 0.631. The number of ether oxygens (including phenoxy) is 1. The fourth-order valence-corrected chi connectivity index (χ4v) is 2.54. The highest BCUT2D eigenvalue weighted by atomic mass is 16.5. The van der Waals surface area contributed by atoms with Crippen LogP contribution >= 0.6 is 0 Å². The fraction of sp³-hybridized carbons (Fsp3) is 0.176. The molecule has 1 heterocycles. The van der Waals surface area contributed by atoms with E-state index in [9.17, 15) is 9.59 Å². The van der Waals surface area contributed by atoms with Crippen LogP contribution in [0.2, 0.25) is 0 Å². The number of nitrogens with zero attached hydrogens (tertiary/aromatic N) is 1. The first-order chi connectivity index (χ1) is 10.1. The molecule has 0 aliphatic carbocycles. The predicted octanol–water partition coefficient (Wildman–Crippen LogP) is 3.97. The summed E-state index contributed by atoms with van der Waals surface area (Å²) in [5.74, 6) is 1.27. The van der Waals surface area contributed by atoms with Gasteiger partial charge in [0.25, 0.3) is 0 Å². The standard InChI is InChI=1S/C17H15NO3/c1-3-18-14-6-4-12(10-19)8-16(14)21-17-9-13(11(2)20)5-7-15(17)18/h4-10H,3H2,1-2H3. The second-order valence-corrected chi connectivity index (χ2v) is 4.93. The summed E-state index contributed by atoms with van der Waals surface area (Å²) in [7, 11) is 0. The molecule has 1 aliphatic rings. The molecule has 1 aliphatic heterocycles. The number of hydrogen-bond donors (Lipinski definition) is 0. The van der Waals surface area contributed by atoms with Gasteiger partial charge in [-0.3, -0.25) is 9.59 Å². The van der Waals surface area contributed by atoms with Gasteiger partial charge in [-0.2, -0.15) is 0 Å². The fourth-order valence-electron chi connectivity index (χ4n) is 2.54. The number of Topliss-reactive ketones (excluding diaryl/α,β-unsaturated/α-hetero) is 1. The topological polar surface area (TPSA) is 46.6 Å². The van der Waals surface area contributed by atoms with E-state index < -0.39 is 0 Å². The Hall–Kier alpha value is -2.62. The van der Waals surface area contributed by atoms with Crippen molar-refractivity contribution in [3.05, 3.63) is 47.5 Å². The Morgan fingerprint density at radius 2 is 1.81 bits per heavy atom. The third kappa shape index (κ3) is 2.18. The molecule has 3 rings (SSSR count). The van der Waals surface area contributed by atoms with Crippen LogP contribution in [0.1, 0.15) is 34.6 Å². The average molecular weight is 281 g/mol. The van der Waals surface area contributed by atoms with Crippen molar-refractivity contribution < 1.29 is 14.3 Å². The van der Waals surface area contributed by atoms with Gasteiger partial charge in [-0.25, -0.2) is 0 Å². The average Bonchev–Trinajstić information content (AvgIpc) is 2.51. The van der Waals surface area contributed by atoms with Gasteiger partial charge < -0.3 is 9.64 Å². The van der Waals surface area contributed by atoms with Crippen LogP contribution in [0, 0.1) is 0 Å². The van der Waals surface area contributed by atoms with E-state index in [2.05, 4.69) is 4.90 Å². The highest BCUT2D eigenvalue weighted by Crippen LogP contribution is 2.46. The van der Waals surface area contributed by atoms with Gasteiger partial charge in [-0.05, 0) is 50.2 Å². The van der Waals surface area contributed by atoms with Crippen LogP contribution in [0.25, 0.3) is 0 Å². The number of aldehydes is 1. The summed E-state index contributed by atoms with van der Waals surface area (Å²) >= 11 is 0. The van der Waals surface area contributed by atoms with Crippen molar-refractivity contribution in [3.8, 4) is 11.5 Å². The van der Waals surface area contributed by atoms with Crippen molar-refractivity contribution in [2.24, 2.45) is 0 Å². The Bertz CT molecular complexity index is 737. The van der Waals surface area contributed by atoms with Crippen molar-refractivity contribution in [1.29, 1.82) is 0 Å². The first kappa shape index (κ1) is 13.4. The van der Waals surface area contributed by atoms with Crippen molar-refractivity contribution in [2.75, 3.05) is 11.4 Å². The molecule has 0 bridgehead atoms. The molecular weight excluding hydrogens is 266 g/mol. The van der Waals surface area contributed by atoms with Gasteiger partial charge in [0, 0.05) is 17.7 Å².